The Bertz CT molecular complexity index is 1170. The number of thiophene rings is 1. The number of nitrogens with two attached hydrogens (primary N) is 1. The van der Waals surface area contributed by atoms with Gasteiger partial charge in [-0.05, 0) is 31.0 Å². The Hall–Kier alpha value is -2.43. The molecule has 0 spiro atoms. The van der Waals surface area contributed by atoms with E-state index >= 15 is 0 Å². The second-order valence-corrected chi connectivity index (χ2v) is 10.4. The van der Waals surface area contributed by atoms with Crippen LogP contribution in [0.25, 0.3) is 22.4 Å². The van der Waals surface area contributed by atoms with Crippen LogP contribution in [0.1, 0.15) is 11.8 Å². The Morgan fingerprint density at radius 2 is 2.14 bits per heavy atom. The Kier molecular flexibility index (Phi) is 4.44. The van der Waals surface area contributed by atoms with Crippen LogP contribution in [-0.2, 0) is 15.2 Å². The van der Waals surface area contributed by atoms with E-state index in [-0.39, 0.29) is 11.7 Å². The zero-order valence-corrected chi connectivity index (χ0v) is 17.5. The number of halogens is 1. The smallest absolute Gasteiger partial charge is 0.266 e. The maximum absolute atomic E-state index is 12.9. The van der Waals surface area contributed by atoms with Gasteiger partial charge < -0.3 is 10.2 Å². The van der Waals surface area contributed by atoms with Crippen LogP contribution in [0.4, 0.5) is 0 Å². The standard InChI is InChI=1S/C17H17ClN6O2S2/c1-17(9-28(3,25)24(2)16(19)21-17)13-10(18)8-12(27-13)15-23-22-14(26-15)11-6-4-5-7-20-11/h4-8H,3,9H2,1-2H3,(H2,19,21)/t17-,28?/m0/s1. The minimum absolute atomic E-state index is 0.162. The Labute approximate surface area is 171 Å². The summed E-state index contributed by atoms with van der Waals surface area (Å²) < 4.78 is 20.0. The van der Waals surface area contributed by atoms with Crippen LogP contribution in [0.2, 0.25) is 5.02 Å². The van der Waals surface area contributed by atoms with Gasteiger partial charge in [-0.2, -0.15) is 0 Å². The van der Waals surface area contributed by atoms with Gasteiger partial charge in [-0.25, -0.2) is 9.20 Å². The Morgan fingerprint density at radius 1 is 1.39 bits per heavy atom. The molecule has 2 N–H and O–H groups in total. The Morgan fingerprint density at radius 3 is 2.82 bits per heavy atom. The van der Waals surface area contributed by atoms with Crippen LogP contribution in [0.15, 0.2) is 39.9 Å². The fourth-order valence-corrected chi connectivity index (χ4v) is 6.24. The molecule has 0 radical (unpaired) electrons. The molecule has 0 aliphatic carbocycles. The fraction of sp³-hybridized carbons (Fsp3) is 0.235. The van der Waals surface area contributed by atoms with Gasteiger partial charge in [-0.3, -0.25) is 9.29 Å². The number of nitrogens with zero attached hydrogens (tertiary/aromatic N) is 5. The minimum atomic E-state index is -2.60. The molecule has 0 amide bonds. The molecule has 3 aromatic heterocycles. The van der Waals surface area contributed by atoms with Crippen LogP contribution < -0.4 is 5.73 Å². The first-order valence-corrected chi connectivity index (χ1v) is 11.2. The lowest BCUT2D eigenvalue weighted by atomic mass is 10.0. The van der Waals surface area contributed by atoms with Crippen molar-refractivity contribution in [3.63, 3.8) is 0 Å². The zero-order valence-electron chi connectivity index (χ0n) is 15.1. The van der Waals surface area contributed by atoms with Crippen molar-refractivity contribution in [3.05, 3.63) is 40.4 Å². The molecule has 3 aromatic rings. The van der Waals surface area contributed by atoms with Crippen LogP contribution >= 0.6 is 22.9 Å². The first kappa shape index (κ1) is 18.9. The summed E-state index contributed by atoms with van der Waals surface area (Å²) in [5, 5.41) is 8.62. The number of aromatic nitrogens is 3. The molecular formula is C17H17ClN6O2S2. The lowest BCUT2D eigenvalue weighted by Gasteiger charge is -2.36. The van der Waals surface area contributed by atoms with E-state index in [4.69, 9.17) is 21.8 Å². The van der Waals surface area contributed by atoms with Crippen LogP contribution in [0.5, 0.6) is 0 Å². The molecule has 4 rings (SSSR count). The second kappa shape index (κ2) is 6.57. The molecule has 0 aromatic carbocycles. The van der Waals surface area contributed by atoms with E-state index in [0.717, 1.165) is 0 Å². The van der Waals surface area contributed by atoms with Crippen molar-refractivity contribution in [3.8, 4) is 22.4 Å². The molecule has 1 aliphatic rings. The monoisotopic (exact) mass is 436 g/mol. The minimum Gasteiger partial charge on any atom is -0.414 e. The molecule has 0 fully saturated rings. The van der Waals surface area contributed by atoms with E-state index < -0.39 is 15.2 Å². The van der Waals surface area contributed by atoms with Crippen molar-refractivity contribution >= 4 is 44.5 Å². The van der Waals surface area contributed by atoms with E-state index in [9.17, 15) is 4.21 Å². The molecule has 0 bridgehead atoms. The van der Waals surface area contributed by atoms with E-state index in [0.29, 0.717) is 32.3 Å². The van der Waals surface area contributed by atoms with Gasteiger partial charge in [-0.1, -0.05) is 17.7 Å². The van der Waals surface area contributed by atoms with Crippen LogP contribution in [0.3, 0.4) is 0 Å². The van der Waals surface area contributed by atoms with Crippen molar-refractivity contribution in [1.29, 1.82) is 0 Å². The highest BCUT2D eigenvalue weighted by molar-refractivity contribution is 7.98. The quantitative estimate of drug-likeness (QED) is 0.632. The summed E-state index contributed by atoms with van der Waals surface area (Å²) in [4.78, 5) is 10.1. The third kappa shape index (κ3) is 3.17. The number of hydrogen-bond donors (Lipinski definition) is 1. The lowest BCUT2D eigenvalue weighted by Crippen LogP contribution is -2.50. The van der Waals surface area contributed by atoms with Crippen LogP contribution in [0, 0.1) is 0 Å². The maximum atomic E-state index is 12.9. The van der Waals surface area contributed by atoms with Gasteiger partial charge in [0.2, 0.25) is 5.96 Å². The summed E-state index contributed by atoms with van der Waals surface area (Å²) in [6, 6.07) is 7.16. The normalized spacial score (nSPS) is 25.0. The largest absolute Gasteiger partial charge is 0.414 e. The van der Waals surface area contributed by atoms with Gasteiger partial charge >= 0.3 is 0 Å². The molecule has 11 heteroatoms. The number of pyridine rings is 1. The molecule has 28 heavy (non-hydrogen) atoms. The fourth-order valence-electron chi connectivity index (χ4n) is 2.94. The third-order valence-corrected chi connectivity index (χ3v) is 8.37. The first-order chi connectivity index (χ1) is 13.2. The van der Waals surface area contributed by atoms with Crippen molar-refractivity contribution in [2.75, 3.05) is 12.8 Å². The predicted molar refractivity (Wildman–Crippen MR) is 113 cm³/mol. The summed E-state index contributed by atoms with van der Waals surface area (Å²) in [6.45, 7) is 1.84. The third-order valence-electron chi connectivity index (χ3n) is 4.39. The molecule has 8 nitrogen and oxygen atoms in total. The average molecular weight is 437 g/mol. The summed E-state index contributed by atoms with van der Waals surface area (Å²) >= 11 is 7.84. The van der Waals surface area contributed by atoms with Crippen molar-refractivity contribution < 1.29 is 8.63 Å². The van der Waals surface area contributed by atoms with Crippen molar-refractivity contribution in [2.45, 2.75) is 12.5 Å². The summed E-state index contributed by atoms with van der Waals surface area (Å²) in [5.41, 5.74) is 5.70. The van der Waals surface area contributed by atoms with Gasteiger partial charge in [0.05, 0.1) is 30.2 Å². The lowest BCUT2D eigenvalue weighted by molar-refractivity contribution is 0.522. The second-order valence-electron chi connectivity index (χ2n) is 6.57. The summed E-state index contributed by atoms with van der Waals surface area (Å²) in [5.74, 6) is 4.81. The SMILES string of the molecule is C=S1(=O)C[C@@](C)(c2sc(-c3nnc(-c4ccccn4)o3)cc2Cl)N=C(N)N1C. The van der Waals surface area contributed by atoms with Gasteiger partial charge in [0.15, 0.2) is 0 Å². The highest BCUT2D eigenvalue weighted by Crippen LogP contribution is 2.44. The predicted octanol–water partition coefficient (Wildman–Crippen LogP) is 2.62. The van der Waals surface area contributed by atoms with Crippen molar-refractivity contribution in [2.24, 2.45) is 10.7 Å². The van der Waals surface area contributed by atoms with Crippen LogP contribution in [-0.4, -0.2) is 48.3 Å². The topological polar surface area (TPSA) is 110 Å². The van der Waals surface area contributed by atoms with E-state index in [1.165, 1.54) is 15.6 Å². The molecule has 146 valence electrons. The maximum Gasteiger partial charge on any atom is 0.266 e. The molecule has 1 unspecified atom stereocenters. The van der Waals surface area contributed by atoms with Gasteiger partial charge in [0.25, 0.3) is 11.8 Å². The molecular weight excluding hydrogens is 420 g/mol. The summed E-state index contributed by atoms with van der Waals surface area (Å²) in [6.07, 6.45) is 1.65. The molecule has 0 saturated heterocycles. The highest BCUT2D eigenvalue weighted by Gasteiger charge is 2.40. The van der Waals surface area contributed by atoms with Gasteiger partial charge in [-0.15, -0.1) is 21.5 Å². The van der Waals surface area contributed by atoms with E-state index in [1.54, 1.807) is 31.4 Å². The summed E-state index contributed by atoms with van der Waals surface area (Å²) in [7, 11) is -0.987. The van der Waals surface area contributed by atoms with Crippen molar-refractivity contribution in [1.82, 2.24) is 19.5 Å². The van der Waals surface area contributed by atoms with E-state index in [2.05, 4.69) is 26.0 Å². The first-order valence-electron chi connectivity index (χ1n) is 8.19. The molecule has 1 aliphatic heterocycles. The number of rotatable bonds is 3. The van der Waals surface area contributed by atoms with E-state index in [1.807, 2.05) is 13.0 Å². The number of aliphatic imine (C=N–C) groups is 1. The van der Waals surface area contributed by atoms with Gasteiger partial charge in [0, 0.05) is 13.2 Å². The highest BCUT2D eigenvalue weighted by atomic mass is 35.5. The average Bonchev–Trinajstić information content (AvgIpc) is 3.27. The number of guanidine groups is 1. The Balaban J connectivity index is 1.73. The zero-order chi connectivity index (χ0) is 20.1. The molecule has 2 atom stereocenters. The van der Waals surface area contributed by atoms with Gasteiger partial charge in [0.1, 0.15) is 11.2 Å². The number of hydrogen-bond acceptors (Lipinski definition) is 8. The molecule has 4 heterocycles. The molecule has 0 saturated carbocycles.